The van der Waals surface area contributed by atoms with Gasteiger partial charge < -0.3 is 5.32 Å². The Bertz CT molecular complexity index is 363. The van der Waals surface area contributed by atoms with Crippen LogP contribution in [0.1, 0.15) is 13.3 Å². The third-order valence-electron chi connectivity index (χ3n) is 1.95. The third-order valence-corrected chi connectivity index (χ3v) is 1.95. The van der Waals surface area contributed by atoms with E-state index in [1.165, 1.54) is 0 Å². The molecule has 0 saturated carbocycles. The molecule has 0 aliphatic heterocycles. The van der Waals surface area contributed by atoms with Gasteiger partial charge in [0.2, 0.25) is 5.91 Å². The molecule has 0 aliphatic carbocycles. The maximum absolute atomic E-state index is 11.5. The number of hydrogen-bond donors (Lipinski definition) is 1. The molecule has 1 aromatic heterocycles. The highest BCUT2D eigenvalue weighted by Crippen LogP contribution is 2.08. The predicted octanol–water partition coefficient (Wildman–Crippen LogP) is 0.908. The fourth-order valence-corrected chi connectivity index (χ4v) is 1.05. The molecular formula is C9H12N4O. The van der Waals surface area contributed by atoms with E-state index in [-0.39, 0.29) is 5.91 Å². The van der Waals surface area contributed by atoms with Crippen molar-refractivity contribution in [2.45, 2.75) is 13.3 Å². The summed E-state index contributed by atoms with van der Waals surface area (Å²) in [7, 11) is 1.73. The summed E-state index contributed by atoms with van der Waals surface area (Å²) in [5, 5.41) is 15.2. The summed E-state index contributed by atoms with van der Waals surface area (Å²) in [5.41, 5.74) is 0. The van der Waals surface area contributed by atoms with Crippen LogP contribution in [0.15, 0.2) is 12.3 Å². The molecule has 14 heavy (non-hydrogen) atoms. The molecule has 0 spiro atoms. The number of nitrogens with zero attached hydrogens (tertiary/aromatic N) is 3. The van der Waals surface area contributed by atoms with Crippen molar-refractivity contribution in [1.82, 2.24) is 9.78 Å². The predicted molar refractivity (Wildman–Crippen MR) is 51.2 cm³/mol. The number of nitriles is 1. The molecule has 0 bridgehead atoms. The highest BCUT2D eigenvalue weighted by molar-refractivity contribution is 5.93. The van der Waals surface area contributed by atoms with Crippen LogP contribution in [0.4, 0.5) is 5.82 Å². The first-order chi connectivity index (χ1) is 6.69. The van der Waals surface area contributed by atoms with Crippen LogP contribution in [-0.2, 0) is 11.8 Å². The van der Waals surface area contributed by atoms with Crippen molar-refractivity contribution in [1.29, 1.82) is 5.26 Å². The van der Waals surface area contributed by atoms with Crippen molar-refractivity contribution in [3.8, 4) is 6.07 Å². The Morgan fingerprint density at radius 3 is 3.00 bits per heavy atom. The first-order valence-electron chi connectivity index (χ1n) is 4.37. The van der Waals surface area contributed by atoms with Gasteiger partial charge in [0, 0.05) is 13.1 Å². The third kappa shape index (κ3) is 2.10. The summed E-state index contributed by atoms with van der Waals surface area (Å²) in [5.74, 6) is -0.271. The molecule has 1 heterocycles. The SMILES string of the molecule is CCC(C#N)C(=O)Nc1ccnn1C. The van der Waals surface area contributed by atoms with Crippen molar-refractivity contribution in [2.24, 2.45) is 13.0 Å². The molecule has 1 atom stereocenters. The normalized spacial score (nSPS) is 11.8. The van der Waals surface area contributed by atoms with Crippen LogP contribution in [-0.4, -0.2) is 15.7 Å². The van der Waals surface area contributed by atoms with E-state index in [2.05, 4.69) is 10.4 Å². The zero-order valence-corrected chi connectivity index (χ0v) is 8.19. The lowest BCUT2D eigenvalue weighted by atomic mass is 10.1. The number of aromatic nitrogens is 2. The number of aryl methyl sites for hydroxylation is 1. The van der Waals surface area contributed by atoms with Crippen molar-refractivity contribution in [2.75, 3.05) is 5.32 Å². The second kappa shape index (κ2) is 4.42. The molecule has 1 aromatic rings. The maximum atomic E-state index is 11.5. The van der Waals surface area contributed by atoms with Crippen LogP contribution in [0.2, 0.25) is 0 Å². The van der Waals surface area contributed by atoms with Crippen LogP contribution in [0.3, 0.4) is 0 Å². The van der Waals surface area contributed by atoms with Crippen molar-refractivity contribution in [3.05, 3.63) is 12.3 Å². The Morgan fingerprint density at radius 2 is 2.57 bits per heavy atom. The number of anilines is 1. The van der Waals surface area contributed by atoms with Crippen LogP contribution in [0.25, 0.3) is 0 Å². The number of rotatable bonds is 3. The first-order valence-corrected chi connectivity index (χ1v) is 4.37. The van der Waals surface area contributed by atoms with Gasteiger partial charge in [0.1, 0.15) is 11.7 Å². The summed E-state index contributed by atoms with van der Waals surface area (Å²) in [6.45, 7) is 1.80. The fraction of sp³-hybridized carbons (Fsp3) is 0.444. The van der Waals surface area contributed by atoms with Gasteiger partial charge in [0.05, 0.1) is 12.3 Å². The van der Waals surface area contributed by atoms with Crippen molar-refractivity contribution >= 4 is 11.7 Å². The van der Waals surface area contributed by atoms with Crippen LogP contribution in [0.5, 0.6) is 0 Å². The van der Waals surface area contributed by atoms with E-state index < -0.39 is 5.92 Å². The van der Waals surface area contributed by atoms with E-state index in [1.54, 1.807) is 30.9 Å². The van der Waals surface area contributed by atoms with Gasteiger partial charge in [-0.15, -0.1) is 0 Å². The first kappa shape index (κ1) is 10.3. The molecule has 0 aliphatic rings. The number of hydrogen-bond acceptors (Lipinski definition) is 3. The highest BCUT2D eigenvalue weighted by Gasteiger charge is 2.16. The molecule has 0 saturated heterocycles. The molecular weight excluding hydrogens is 180 g/mol. The van der Waals surface area contributed by atoms with Gasteiger partial charge in [-0.25, -0.2) is 0 Å². The average Bonchev–Trinajstić information content (AvgIpc) is 2.54. The molecule has 1 rings (SSSR count). The number of carbonyl (C=O) groups excluding carboxylic acids is 1. The summed E-state index contributed by atoms with van der Waals surface area (Å²) >= 11 is 0. The van der Waals surface area contributed by atoms with E-state index in [1.807, 2.05) is 6.07 Å². The second-order valence-electron chi connectivity index (χ2n) is 2.92. The lowest BCUT2D eigenvalue weighted by molar-refractivity contribution is -0.118. The summed E-state index contributed by atoms with van der Waals surface area (Å²) in [6.07, 6.45) is 2.10. The monoisotopic (exact) mass is 192 g/mol. The van der Waals surface area contributed by atoms with Gasteiger partial charge in [-0.1, -0.05) is 6.92 Å². The average molecular weight is 192 g/mol. The maximum Gasteiger partial charge on any atom is 0.242 e. The molecule has 0 aromatic carbocycles. The van der Waals surface area contributed by atoms with E-state index >= 15 is 0 Å². The second-order valence-corrected chi connectivity index (χ2v) is 2.92. The van der Waals surface area contributed by atoms with E-state index in [9.17, 15) is 4.79 Å². The fourth-order valence-electron chi connectivity index (χ4n) is 1.05. The molecule has 5 heteroatoms. The van der Waals surface area contributed by atoms with Gasteiger partial charge in [-0.3, -0.25) is 9.48 Å². The quantitative estimate of drug-likeness (QED) is 0.773. The minimum absolute atomic E-state index is 0.279. The molecule has 74 valence electrons. The van der Waals surface area contributed by atoms with Crippen LogP contribution < -0.4 is 5.32 Å². The Morgan fingerprint density at radius 1 is 1.86 bits per heavy atom. The van der Waals surface area contributed by atoms with E-state index in [0.717, 1.165) is 0 Å². The van der Waals surface area contributed by atoms with Gasteiger partial charge in [0.15, 0.2) is 0 Å². The van der Waals surface area contributed by atoms with Gasteiger partial charge in [0.25, 0.3) is 0 Å². The van der Waals surface area contributed by atoms with E-state index in [4.69, 9.17) is 5.26 Å². The van der Waals surface area contributed by atoms with Crippen LogP contribution in [0, 0.1) is 17.2 Å². The standard InChI is InChI=1S/C9H12N4O/c1-3-7(6-10)9(14)12-8-4-5-11-13(8)2/h4-5,7H,3H2,1-2H3,(H,12,14). The van der Waals surface area contributed by atoms with Gasteiger partial charge >= 0.3 is 0 Å². The minimum Gasteiger partial charge on any atom is -0.310 e. The van der Waals surface area contributed by atoms with E-state index in [0.29, 0.717) is 12.2 Å². The molecule has 1 N–H and O–H groups in total. The topological polar surface area (TPSA) is 70.7 Å². The number of carbonyl (C=O) groups is 1. The lowest BCUT2D eigenvalue weighted by Gasteiger charge is -2.07. The molecule has 0 fully saturated rings. The summed E-state index contributed by atoms with van der Waals surface area (Å²) < 4.78 is 1.54. The van der Waals surface area contributed by atoms with Crippen LogP contribution >= 0.6 is 0 Å². The lowest BCUT2D eigenvalue weighted by Crippen LogP contribution is -2.22. The summed E-state index contributed by atoms with van der Waals surface area (Å²) in [4.78, 5) is 11.5. The van der Waals surface area contributed by atoms with Crippen molar-refractivity contribution < 1.29 is 4.79 Å². The molecule has 1 unspecified atom stereocenters. The molecule has 0 radical (unpaired) electrons. The van der Waals surface area contributed by atoms with Crippen molar-refractivity contribution in [3.63, 3.8) is 0 Å². The van der Waals surface area contributed by atoms with Gasteiger partial charge in [-0.05, 0) is 6.42 Å². The highest BCUT2D eigenvalue weighted by atomic mass is 16.2. The Labute approximate surface area is 82.3 Å². The summed E-state index contributed by atoms with van der Waals surface area (Å²) in [6, 6.07) is 3.62. The smallest absolute Gasteiger partial charge is 0.242 e. The zero-order valence-electron chi connectivity index (χ0n) is 8.19. The Hall–Kier alpha value is -1.83. The number of nitrogens with one attached hydrogen (secondary N) is 1. The molecule has 5 nitrogen and oxygen atoms in total. The Kier molecular flexibility index (Phi) is 3.24. The zero-order chi connectivity index (χ0) is 10.6. The largest absolute Gasteiger partial charge is 0.310 e. The Balaban J connectivity index is 2.67. The number of amides is 1. The molecule has 1 amide bonds. The van der Waals surface area contributed by atoms with Gasteiger partial charge in [-0.2, -0.15) is 10.4 Å². The minimum atomic E-state index is -0.593.